The van der Waals surface area contributed by atoms with Gasteiger partial charge < -0.3 is 24.8 Å². The summed E-state index contributed by atoms with van der Waals surface area (Å²) in [5.41, 5.74) is 0. The van der Waals surface area contributed by atoms with Crippen molar-refractivity contribution in [2.45, 2.75) is 63.4 Å². The van der Waals surface area contributed by atoms with Crippen LogP contribution in [0.15, 0.2) is 12.2 Å². The summed E-state index contributed by atoms with van der Waals surface area (Å²) in [5.74, 6) is 0. The zero-order chi connectivity index (χ0) is 14.8. The summed E-state index contributed by atoms with van der Waals surface area (Å²) < 4.78 is 10.9. The molecular formula is C15H28O5. The Morgan fingerprint density at radius 1 is 1.30 bits per heavy atom. The van der Waals surface area contributed by atoms with Crippen LogP contribution in [0.3, 0.4) is 0 Å². The molecule has 1 rings (SSSR count). The molecule has 0 spiro atoms. The van der Waals surface area contributed by atoms with Crippen LogP contribution in [0.25, 0.3) is 0 Å². The van der Waals surface area contributed by atoms with Crippen molar-refractivity contribution in [2.75, 3.05) is 19.8 Å². The van der Waals surface area contributed by atoms with Crippen LogP contribution in [0, 0.1) is 0 Å². The summed E-state index contributed by atoms with van der Waals surface area (Å²) in [7, 11) is 0. The minimum Gasteiger partial charge on any atom is -0.394 e. The number of aliphatic hydroxyl groups excluding tert-OH is 3. The van der Waals surface area contributed by atoms with E-state index in [2.05, 4.69) is 19.1 Å². The van der Waals surface area contributed by atoms with E-state index in [1.165, 1.54) is 6.42 Å². The molecule has 1 heterocycles. The second kappa shape index (κ2) is 10.3. The van der Waals surface area contributed by atoms with Crippen LogP contribution in [0.4, 0.5) is 0 Å². The average molecular weight is 288 g/mol. The molecule has 0 aromatic heterocycles. The van der Waals surface area contributed by atoms with Crippen LogP contribution < -0.4 is 0 Å². The highest BCUT2D eigenvalue weighted by atomic mass is 16.6. The van der Waals surface area contributed by atoms with Crippen molar-refractivity contribution >= 4 is 0 Å². The van der Waals surface area contributed by atoms with E-state index < -0.39 is 24.4 Å². The zero-order valence-corrected chi connectivity index (χ0v) is 12.3. The lowest BCUT2D eigenvalue weighted by Gasteiger charge is -2.23. The zero-order valence-electron chi connectivity index (χ0n) is 12.3. The molecule has 0 saturated carbocycles. The number of ether oxygens (including phenoxy) is 2. The summed E-state index contributed by atoms with van der Waals surface area (Å²) in [4.78, 5) is 0. The Bertz CT molecular complexity index is 269. The largest absolute Gasteiger partial charge is 0.394 e. The van der Waals surface area contributed by atoms with E-state index in [4.69, 9.17) is 14.6 Å². The number of aliphatic hydroxyl groups is 3. The van der Waals surface area contributed by atoms with E-state index in [0.29, 0.717) is 6.61 Å². The molecule has 1 aliphatic rings. The van der Waals surface area contributed by atoms with Gasteiger partial charge in [0.1, 0.15) is 24.4 Å². The first-order valence-electron chi connectivity index (χ1n) is 7.55. The summed E-state index contributed by atoms with van der Waals surface area (Å²) in [6.07, 6.45) is 6.75. The first-order chi connectivity index (χ1) is 9.70. The fourth-order valence-electron chi connectivity index (χ4n) is 2.24. The van der Waals surface area contributed by atoms with E-state index in [1.807, 2.05) is 0 Å². The average Bonchev–Trinajstić information content (AvgIpc) is 2.82. The van der Waals surface area contributed by atoms with Gasteiger partial charge in [-0.1, -0.05) is 25.5 Å². The van der Waals surface area contributed by atoms with Gasteiger partial charge in [-0.3, -0.25) is 0 Å². The van der Waals surface area contributed by atoms with Crippen LogP contribution in [0.1, 0.15) is 39.0 Å². The van der Waals surface area contributed by atoms with Gasteiger partial charge in [0, 0.05) is 6.61 Å². The normalized spacial score (nSPS) is 28.3. The van der Waals surface area contributed by atoms with Crippen LogP contribution in [0.2, 0.25) is 0 Å². The molecule has 0 aliphatic carbocycles. The maximum atomic E-state index is 9.75. The number of allylic oxidation sites excluding steroid dienone is 2. The highest BCUT2D eigenvalue weighted by Gasteiger charge is 2.40. The minimum absolute atomic E-state index is 0.145. The first kappa shape index (κ1) is 17.6. The van der Waals surface area contributed by atoms with Gasteiger partial charge in [-0.25, -0.2) is 0 Å². The Hall–Kier alpha value is -0.460. The second-order valence-electron chi connectivity index (χ2n) is 5.21. The number of unbranched alkanes of at least 4 members (excludes halogenated alkanes) is 3. The monoisotopic (exact) mass is 288 g/mol. The number of hydrogen-bond donors (Lipinski definition) is 3. The highest BCUT2D eigenvalue weighted by Crippen LogP contribution is 2.21. The third kappa shape index (κ3) is 5.89. The summed E-state index contributed by atoms with van der Waals surface area (Å²) >= 11 is 0. The third-order valence-electron chi connectivity index (χ3n) is 3.43. The Kier molecular flexibility index (Phi) is 9.05. The van der Waals surface area contributed by atoms with Crippen LogP contribution >= 0.6 is 0 Å². The standard InChI is InChI=1S/C15H28O5/c1-2-3-4-5-6-7-8-9-19-15-13(18)11-20-14(15)12(17)10-16/h4-5,12-18H,2-3,6-11H2,1H3/b5-4+/t12-,13+,14+,15+/m0/s1. The number of rotatable bonds is 10. The molecule has 3 N–H and O–H groups in total. The SMILES string of the molecule is CCC/C=C/CCCCO[C@H]1[C@@H]([C@@H](O)CO)OC[C@H]1O. The van der Waals surface area contributed by atoms with Gasteiger partial charge in [0.05, 0.1) is 13.2 Å². The predicted molar refractivity (Wildman–Crippen MR) is 76.5 cm³/mol. The first-order valence-corrected chi connectivity index (χ1v) is 7.55. The lowest BCUT2D eigenvalue weighted by Crippen LogP contribution is -2.42. The smallest absolute Gasteiger partial charge is 0.114 e. The summed E-state index contributed by atoms with van der Waals surface area (Å²) in [6, 6.07) is 0. The van der Waals surface area contributed by atoms with Crippen LogP contribution in [0.5, 0.6) is 0 Å². The van der Waals surface area contributed by atoms with Gasteiger partial charge in [0.2, 0.25) is 0 Å². The van der Waals surface area contributed by atoms with Gasteiger partial charge in [0.15, 0.2) is 0 Å². The van der Waals surface area contributed by atoms with E-state index in [0.717, 1.165) is 25.7 Å². The molecule has 0 bridgehead atoms. The van der Waals surface area contributed by atoms with Gasteiger partial charge in [-0.05, 0) is 25.7 Å². The van der Waals surface area contributed by atoms with E-state index >= 15 is 0 Å². The fraction of sp³-hybridized carbons (Fsp3) is 0.867. The van der Waals surface area contributed by atoms with Crippen molar-refractivity contribution in [3.05, 3.63) is 12.2 Å². The minimum atomic E-state index is -1.01. The van der Waals surface area contributed by atoms with Crippen molar-refractivity contribution in [3.63, 3.8) is 0 Å². The van der Waals surface area contributed by atoms with Crippen molar-refractivity contribution in [1.82, 2.24) is 0 Å². The summed E-state index contributed by atoms with van der Waals surface area (Å²) in [5, 5.41) is 28.3. The Labute approximate surface area is 121 Å². The molecule has 1 saturated heterocycles. The van der Waals surface area contributed by atoms with Crippen molar-refractivity contribution in [1.29, 1.82) is 0 Å². The predicted octanol–water partition coefficient (Wildman–Crippen LogP) is 1.01. The highest BCUT2D eigenvalue weighted by molar-refractivity contribution is 4.89. The van der Waals surface area contributed by atoms with Crippen molar-refractivity contribution in [3.8, 4) is 0 Å². The maximum Gasteiger partial charge on any atom is 0.114 e. The molecule has 4 atom stereocenters. The lowest BCUT2D eigenvalue weighted by atomic mass is 10.1. The molecule has 0 unspecified atom stereocenters. The molecule has 118 valence electrons. The lowest BCUT2D eigenvalue weighted by molar-refractivity contribution is -0.0937. The molecule has 0 amide bonds. The molecule has 1 fully saturated rings. The third-order valence-corrected chi connectivity index (χ3v) is 3.43. The Morgan fingerprint density at radius 3 is 2.75 bits per heavy atom. The molecule has 0 aromatic carbocycles. The molecule has 0 radical (unpaired) electrons. The molecule has 0 aromatic rings. The topological polar surface area (TPSA) is 79.2 Å². The molecule has 20 heavy (non-hydrogen) atoms. The van der Waals surface area contributed by atoms with Crippen LogP contribution in [-0.4, -0.2) is 59.6 Å². The van der Waals surface area contributed by atoms with Crippen LogP contribution in [-0.2, 0) is 9.47 Å². The molecular weight excluding hydrogens is 260 g/mol. The number of hydrogen-bond acceptors (Lipinski definition) is 5. The van der Waals surface area contributed by atoms with Crippen molar-refractivity contribution in [2.24, 2.45) is 0 Å². The van der Waals surface area contributed by atoms with E-state index in [-0.39, 0.29) is 13.2 Å². The van der Waals surface area contributed by atoms with Gasteiger partial charge >= 0.3 is 0 Å². The summed E-state index contributed by atoms with van der Waals surface area (Å²) in [6.45, 7) is 2.44. The van der Waals surface area contributed by atoms with E-state index in [1.54, 1.807) is 0 Å². The molecule has 1 aliphatic heterocycles. The Balaban J connectivity index is 2.16. The molecule has 5 heteroatoms. The maximum absolute atomic E-state index is 9.75. The van der Waals surface area contributed by atoms with Gasteiger partial charge in [-0.15, -0.1) is 0 Å². The second-order valence-corrected chi connectivity index (χ2v) is 5.21. The van der Waals surface area contributed by atoms with Gasteiger partial charge in [0.25, 0.3) is 0 Å². The fourth-order valence-corrected chi connectivity index (χ4v) is 2.24. The quantitative estimate of drug-likeness (QED) is 0.413. The van der Waals surface area contributed by atoms with Gasteiger partial charge in [-0.2, -0.15) is 0 Å². The Morgan fingerprint density at radius 2 is 2.05 bits per heavy atom. The van der Waals surface area contributed by atoms with Crippen molar-refractivity contribution < 1.29 is 24.8 Å². The molecule has 5 nitrogen and oxygen atoms in total. The van der Waals surface area contributed by atoms with E-state index in [9.17, 15) is 10.2 Å².